The van der Waals surface area contributed by atoms with Gasteiger partial charge in [0.05, 0.1) is 7.11 Å². The molecule has 0 radical (unpaired) electrons. The fourth-order valence-electron chi connectivity index (χ4n) is 1.47. The maximum atomic E-state index is 11.1. The van der Waals surface area contributed by atoms with E-state index in [9.17, 15) is 4.79 Å². The average Bonchev–Trinajstić information content (AvgIpc) is 2.33. The molecule has 0 heterocycles. The second-order valence-corrected chi connectivity index (χ2v) is 6.68. The van der Waals surface area contributed by atoms with Crippen LogP contribution in [-0.2, 0) is 9.53 Å². The zero-order valence-corrected chi connectivity index (χ0v) is 14.2. The van der Waals surface area contributed by atoms with Gasteiger partial charge in [-0.05, 0) is 43.0 Å². The third-order valence-corrected chi connectivity index (χ3v) is 3.14. The minimum atomic E-state index is -0.299. The van der Waals surface area contributed by atoms with Crippen LogP contribution in [0, 0.1) is 5.41 Å². The number of allylic oxidation sites excluding steroid dienone is 5. The van der Waals surface area contributed by atoms with E-state index in [1.54, 1.807) is 0 Å². The second-order valence-electron chi connectivity index (χ2n) is 5.43. The van der Waals surface area contributed by atoms with Gasteiger partial charge in [0.15, 0.2) is 0 Å². The SMILES string of the molecule is COC(=O)/C=C/C(C)(C)C/C=C(\C)CC/C=C(\C)Br. The molecule has 19 heavy (non-hydrogen) atoms. The maximum Gasteiger partial charge on any atom is 0.330 e. The van der Waals surface area contributed by atoms with Crippen molar-refractivity contribution in [3.63, 3.8) is 0 Å². The highest BCUT2D eigenvalue weighted by Gasteiger charge is 2.12. The Morgan fingerprint density at radius 1 is 1.26 bits per heavy atom. The van der Waals surface area contributed by atoms with Crippen LogP contribution in [-0.4, -0.2) is 13.1 Å². The summed E-state index contributed by atoms with van der Waals surface area (Å²) in [5.74, 6) is -0.299. The van der Waals surface area contributed by atoms with Gasteiger partial charge in [-0.3, -0.25) is 0 Å². The van der Waals surface area contributed by atoms with E-state index in [4.69, 9.17) is 0 Å². The molecule has 108 valence electrons. The first kappa shape index (κ1) is 18.2. The van der Waals surface area contributed by atoms with Gasteiger partial charge in [0.1, 0.15) is 0 Å². The van der Waals surface area contributed by atoms with Crippen LogP contribution in [0.2, 0.25) is 0 Å². The molecular formula is C16H25BrO2. The number of methoxy groups -OCH3 is 1. The fourth-order valence-corrected chi connectivity index (χ4v) is 1.70. The number of rotatable bonds is 7. The van der Waals surface area contributed by atoms with Gasteiger partial charge >= 0.3 is 5.97 Å². The van der Waals surface area contributed by atoms with Gasteiger partial charge in [0, 0.05) is 6.08 Å². The van der Waals surface area contributed by atoms with Crippen molar-refractivity contribution in [1.29, 1.82) is 0 Å². The molecule has 0 aliphatic heterocycles. The lowest BCUT2D eigenvalue weighted by Gasteiger charge is -2.18. The number of hydrogen-bond donors (Lipinski definition) is 0. The Bertz CT molecular complexity index is 372. The number of hydrogen-bond acceptors (Lipinski definition) is 2. The van der Waals surface area contributed by atoms with E-state index < -0.39 is 0 Å². The lowest BCUT2D eigenvalue weighted by Crippen LogP contribution is -2.07. The minimum absolute atomic E-state index is 0.0311. The van der Waals surface area contributed by atoms with Crippen LogP contribution in [0.5, 0.6) is 0 Å². The number of ether oxygens (including phenoxy) is 1. The van der Waals surface area contributed by atoms with E-state index in [1.807, 2.05) is 13.0 Å². The number of carbonyl (C=O) groups excluding carboxylic acids is 1. The summed E-state index contributed by atoms with van der Waals surface area (Å²) in [4.78, 5) is 11.1. The molecule has 0 saturated heterocycles. The molecule has 0 aliphatic rings. The summed E-state index contributed by atoms with van der Waals surface area (Å²) in [5, 5.41) is 0. The van der Waals surface area contributed by atoms with Crippen LogP contribution in [0.1, 0.15) is 47.0 Å². The zero-order valence-electron chi connectivity index (χ0n) is 12.6. The molecule has 0 unspecified atom stereocenters. The molecule has 0 rings (SSSR count). The quantitative estimate of drug-likeness (QED) is 0.366. The Balaban J connectivity index is 4.30. The lowest BCUT2D eigenvalue weighted by molar-refractivity contribution is -0.134. The molecule has 0 N–H and O–H groups in total. The normalized spacial score (nSPS) is 14.0. The topological polar surface area (TPSA) is 26.3 Å². The Labute approximate surface area is 125 Å². The van der Waals surface area contributed by atoms with Crippen molar-refractivity contribution in [2.45, 2.75) is 47.0 Å². The van der Waals surface area contributed by atoms with Crippen molar-refractivity contribution >= 4 is 21.9 Å². The first-order valence-corrected chi connectivity index (χ1v) is 7.31. The predicted molar refractivity (Wildman–Crippen MR) is 85.2 cm³/mol. The molecule has 0 aliphatic carbocycles. The summed E-state index contributed by atoms with van der Waals surface area (Å²) in [7, 11) is 1.39. The van der Waals surface area contributed by atoms with Crippen LogP contribution in [0.15, 0.2) is 34.4 Å². The van der Waals surface area contributed by atoms with Crippen molar-refractivity contribution in [2.24, 2.45) is 5.41 Å². The number of carbonyl (C=O) groups is 1. The Morgan fingerprint density at radius 3 is 2.42 bits per heavy atom. The summed E-state index contributed by atoms with van der Waals surface area (Å²) in [6.07, 6.45) is 10.9. The highest BCUT2D eigenvalue weighted by atomic mass is 79.9. The maximum absolute atomic E-state index is 11.1. The summed E-state index contributed by atoms with van der Waals surface area (Å²) in [5.41, 5.74) is 1.35. The van der Waals surface area contributed by atoms with Crippen molar-refractivity contribution in [1.82, 2.24) is 0 Å². The molecular weight excluding hydrogens is 304 g/mol. The summed E-state index contributed by atoms with van der Waals surface area (Å²) < 4.78 is 5.78. The molecule has 0 aromatic heterocycles. The third kappa shape index (κ3) is 10.8. The van der Waals surface area contributed by atoms with Crippen LogP contribution >= 0.6 is 15.9 Å². The van der Waals surface area contributed by atoms with Gasteiger partial charge in [0.2, 0.25) is 0 Å². The van der Waals surface area contributed by atoms with E-state index in [0.29, 0.717) is 0 Å². The van der Waals surface area contributed by atoms with Crippen LogP contribution < -0.4 is 0 Å². The monoisotopic (exact) mass is 328 g/mol. The van der Waals surface area contributed by atoms with Gasteiger partial charge in [-0.15, -0.1) is 0 Å². The van der Waals surface area contributed by atoms with Crippen molar-refractivity contribution in [3.05, 3.63) is 34.4 Å². The minimum Gasteiger partial charge on any atom is -0.466 e. The first-order valence-electron chi connectivity index (χ1n) is 6.52. The second kappa shape index (κ2) is 9.13. The van der Waals surface area contributed by atoms with Crippen molar-refractivity contribution in [2.75, 3.05) is 7.11 Å². The molecule has 0 amide bonds. The highest BCUT2D eigenvalue weighted by Crippen LogP contribution is 2.24. The van der Waals surface area contributed by atoms with Crippen LogP contribution in [0.3, 0.4) is 0 Å². The van der Waals surface area contributed by atoms with Crippen LogP contribution in [0.4, 0.5) is 0 Å². The smallest absolute Gasteiger partial charge is 0.330 e. The molecule has 2 nitrogen and oxygen atoms in total. The Hall–Kier alpha value is -0.830. The first-order chi connectivity index (χ1) is 8.76. The number of esters is 1. The third-order valence-electron chi connectivity index (χ3n) is 2.81. The van der Waals surface area contributed by atoms with E-state index >= 15 is 0 Å². The van der Waals surface area contributed by atoms with Crippen molar-refractivity contribution in [3.8, 4) is 0 Å². The van der Waals surface area contributed by atoms with Crippen LogP contribution in [0.25, 0.3) is 0 Å². The molecule has 0 atom stereocenters. The van der Waals surface area contributed by atoms with E-state index in [-0.39, 0.29) is 11.4 Å². The fraction of sp³-hybridized carbons (Fsp3) is 0.562. The summed E-state index contributed by atoms with van der Waals surface area (Å²) >= 11 is 3.42. The molecule has 0 saturated carbocycles. The molecule has 0 bridgehead atoms. The predicted octanol–water partition coefficient (Wildman–Crippen LogP) is 5.16. The molecule has 0 fully saturated rings. The lowest BCUT2D eigenvalue weighted by atomic mass is 9.87. The Morgan fingerprint density at radius 2 is 1.89 bits per heavy atom. The number of halogens is 1. The van der Waals surface area contributed by atoms with E-state index in [2.05, 4.69) is 53.6 Å². The van der Waals surface area contributed by atoms with E-state index in [0.717, 1.165) is 19.3 Å². The highest BCUT2D eigenvalue weighted by molar-refractivity contribution is 9.11. The summed E-state index contributed by atoms with van der Waals surface area (Å²) in [6.45, 7) is 8.41. The van der Waals surface area contributed by atoms with Gasteiger partial charge in [0.25, 0.3) is 0 Å². The van der Waals surface area contributed by atoms with Crippen molar-refractivity contribution < 1.29 is 9.53 Å². The average molecular weight is 329 g/mol. The Kier molecular flexibility index (Phi) is 8.73. The van der Waals surface area contributed by atoms with Gasteiger partial charge in [-0.1, -0.05) is 53.6 Å². The molecule has 0 spiro atoms. The van der Waals surface area contributed by atoms with Gasteiger partial charge in [-0.2, -0.15) is 0 Å². The largest absolute Gasteiger partial charge is 0.466 e. The molecule has 3 heteroatoms. The molecule has 0 aromatic carbocycles. The van der Waals surface area contributed by atoms with Gasteiger partial charge < -0.3 is 4.74 Å². The molecule has 0 aromatic rings. The van der Waals surface area contributed by atoms with Gasteiger partial charge in [-0.25, -0.2) is 4.79 Å². The summed E-state index contributed by atoms with van der Waals surface area (Å²) in [6, 6.07) is 0. The standard InChI is InChI=1S/C16H25BrO2/c1-13(7-6-8-14(2)17)9-11-16(3,4)12-10-15(18)19-5/h8-10,12H,6-7,11H2,1-5H3/b12-10+,13-9+,14-8+. The van der Waals surface area contributed by atoms with E-state index in [1.165, 1.54) is 23.2 Å². The zero-order chi connectivity index (χ0) is 14.9.